The maximum absolute atomic E-state index is 13.7. The fourth-order valence-corrected chi connectivity index (χ4v) is 2.99. The number of piperidine rings is 1. The van der Waals surface area contributed by atoms with Crippen LogP contribution in [0.25, 0.3) is 0 Å². The van der Waals surface area contributed by atoms with Crippen LogP contribution < -0.4 is 10.5 Å². The van der Waals surface area contributed by atoms with Crippen LogP contribution in [0.3, 0.4) is 0 Å². The van der Waals surface area contributed by atoms with Crippen molar-refractivity contribution in [3.05, 3.63) is 29.1 Å². The molecule has 3 rings (SSSR count). The fourth-order valence-electron chi connectivity index (χ4n) is 2.99. The molecule has 1 amide bonds. The third kappa shape index (κ3) is 3.16. The molecular formula is C15H19FN2O3. The molecule has 0 atom stereocenters. The Bertz CT molecular complexity index is 542. The molecule has 2 aliphatic rings. The second-order valence-corrected chi connectivity index (χ2v) is 5.62. The van der Waals surface area contributed by atoms with Crippen LogP contribution in [0.4, 0.5) is 4.39 Å². The molecule has 0 aromatic heterocycles. The Labute approximate surface area is 122 Å². The number of carbonyl (C=O) groups is 1. The second kappa shape index (κ2) is 5.99. The van der Waals surface area contributed by atoms with Crippen molar-refractivity contribution < 1.29 is 18.7 Å². The molecule has 0 saturated carbocycles. The predicted octanol–water partition coefficient (Wildman–Crippen LogP) is 1.39. The molecule has 1 saturated heterocycles. The van der Waals surface area contributed by atoms with Gasteiger partial charge in [0.15, 0.2) is 6.79 Å². The summed E-state index contributed by atoms with van der Waals surface area (Å²) in [5, 5.41) is 0. The summed E-state index contributed by atoms with van der Waals surface area (Å²) in [6, 6.07) is 2.97. The maximum atomic E-state index is 13.7. The Balaban J connectivity index is 1.71. The number of fused-ring (bicyclic) bond motifs is 1. The van der Waals surface area contributed by atoms with Crippen molar-refractivity contribution in [3.8, 4) is 5.75 Å². The van der Waals surface area contributed by atoms with E-state index in [0.29, 0.717) is 13.2 Å². The van der Waals surface area contributed by atoms with Gasteiger partial charge in [-0.1, -0.05) is 0 Å². The number of benzene rings is 1. The van der Waals surface area contributed by atoms with Crippen molar-refractivity contribution >= 4 is 5.91 Å². The molecule has 0 bridgehead atoms. The number of hydrogen-bond acceptors (Lipinski definition) is 4. The first-order valence-electron chi connectivity index (χ1n) is 7.17. The molecule has 1 fully saturated rings. The van der Waals surface area contributed by atoms with Crippen LogP contribution >= 0.6 is 0 Å². The predicted molar refractivity (Wildman–Crippen MR) is 73.9 cm³/mol. The second-order valence-electron chi connectivity index (χ2n) is 5.62. The van der Waals surface area contributed by atoms with Crippen LogP contribution in [0, 0.1) is 11.7 Å². The SMILES string of the molecule is NC(=O)C1CCN(Cc2cc(F)cc3c2OCOC3)CC1. The molecule has 21 heavy (non-hydrogen) atoms. The van der Waals surface area contributed by atoms with Crippen LogP contribution in [-0.4, -0.2) is 30.7 Å². The molecular weight excluding hydrogens is 275 g/mol. The number of nitrogens with zero attached hydrogens (tertiary/aromatic N) is 1. The molecule has 0 spiro atoms. The van der Waals surface area contributed by atoms with Gasteiger partial charge < -0.3 is 15.2 Å². The zero-order valence-electron chi connectivity index (χ0n) is 11.8. The molecule has 1 aromatic rings. The van der Waals surface area contributed by atoms with E-state index in [2.05, 4.69) is 4.90 Å². The van der Waals surface area contributed by atoms with Crippen molar-refractivity contribution in [2.75, 3.05) is 19.9 Å². The van der Waals surface area contributed by atoms with E-state index >= 15 is 0 Å². The van der Waals surface area contributed by atoms with Crippen LogP contribution in [-0.2, 0) is 22.7 Å². The minimum Gasteiger partial charge on any atom is -0.467 e. The first-order chi connectivity index (χ1) is 10.1. The maximum Gasteiger partial charge on any atom is 0.220 e. The van der Waals surface area contributed by atoms with E-state index < -0.39 is 0 Å². The highest BCUT2D eigenvalue weighted by Crippen LogP contribution is 2.31. The average Bonchev–Trinajstić information content (AvgIpc) is 2.47. The van der Waals surface area contributed by atoms with Gasteiger partial charge in [-0.25, -0.2) is 4.39 Å². The summed E-state index contributed by atoms with van der Waals surface area (Å²) >= 11 is 0. The summed E-state index contributed by atoms with van der Waals surface area (Å²) in [5.41, 5.74) is 6.93. The number of amides is 1. The summed E-state index contributed by atoms with van der Waals surface area (Å²) in [7, 11) is 0. The number of likely N-dealkylation sites (tertiary alicyclic amines) is 1. The van der Waals surface area contributed by atoms with Crippen molar-refractivity contribution in [2.24, 2.45) is 11.7 Å². The minimum atomic E-state index is -0.273. The molecule has 0 aliphatic carbocycles. The Morgan fingerprint density at radius 2 is 2.14 bits per heavy atom. The van der Waals surface area contributed by atoms with Gasteiger partial charge in [0.05, 0.1) is 6.61 Å². The lowest BCUT2D eigenvalue weighted by atomic mass is 9.96. The third-order valence-electron chi connectivity index (χ3n) is 4.14. The lowest BCUT2D eigenvalue weighted by Crippen LogP contribution is -2.38. The van der Waals surface area contributed by atoms with E-state index in [1.807, 2.05) is 0 Å². The monoisotopic (exact) mass is 294 g/mol. The zero-order valence-corrected chi connectivity index (χ0v) is 11.8. The number of halogens is 1. The number of hydrogen-bond donors (Lipinski definition) is 1. The van der Waals surface area contributed by atoms with Gasteiger partial charge in [0.2, 0.25) is 5.91 Å². The first-order valence-corrected chi connectivity index (χ1v) is 7.17. The van der Waals surface area contributed by atoms with E-state index in [-0.39, 0.29) is 24.4 Å². The van der Waals surface area contributed by atoms with E-state index in [1.165, 1.54) is 12.1 Å². The summed E-state index contributed by atoms with van der Waals surface area (Å²) in [5.74, 6) is 0.204. The Morgan fingerprint density at radius 1 is 1.38 bits per heavy atom. The topological polar surface area (TPSA) is 64.8 Å². The van der Waals surface area contributed by atoms with Crippen molar-refractivity contribution in [1.82, 2.24) is 4.90 Å². The lowest BCUT2D eigenvalue weighted by molar-refractivity contribution is -0.123. The molecule has 2 aliphatic heterocycles. The van der Waals surface area contributed by atoms with Crippen LogP contribution in [0.2, 0.25) is 0 Å². The van der Waals surface area contributed by atoms with Crippen LogP contribution in [0.1, 0.15) is 24.0 Å². The standard InChI is InChI=1S/C15H19FN2O3/c16-13-5-11(14-12(6-13)8-20-9-21-14)7-18-3-1-10(2-4-18)15(17)19/h5-6,10H,1-4,7-9H2,(H2,17,19). The van der Waals surface area contributed by atoms with Crippen molar-refractivity contribution in [3.63, 3.8) is 0 Å². The average molecular weight is 294 g/mol. The van der Waals surface area contributed by atoms with Crippen LogP contribution in [0.5, 0.6) is 5.75 Å². The molecule has 2 N–H and O–H groups in total. The van der Waals surface area contributed by atoms with Crippen molar-refractivity contribution in [2.45, 2.75) is 26.0 Å². The van der Waals surface area contributed by atoms with E-state index in [1.54, 1.807) is 0 Å². The number of ether oxygens (including phenoxy) is 2. The number of carbonyl (C=O) groups excluding carboxylic acids is 1. The summed E-state index contributed by atoms with van der Waals surface area (Å²) in [6.45, 7) is 2.77. The molecule has 1 aromatic carbocycles. The summed E-state index contributed by atoms with van der Waals surface area (Å²) in [4.78, 5) is 13.4. The van der Waals surface area contributed by atoms with Crippen molar-refractivity contribution in [1.29, 1.82) is 0 Å². The highest BCUT2D eigenvalue weighted by atomic mass is 19.1. The Morgan fingerprint density at radius 3 is 2.86 bits per heavy atom. The Hall–Kier alpha value is -1.66. The van der Waals surface area contributed by atoms with Gasteiger partial charge >= 0.3 is 0 Å². The number of primary amides is 1. The fraction of sp³-hybridized carbons (Fsp3) is 0.533. The first kappa shape index (κ1) is 14.3. The number of nitrogens with two attached hydrogens (primary N) is 1. The normalized spacial score (nSPS) is 19.9. The molecule has 6 heteroatoms. The highest BCUT2D eigenvalue weighted by molar-refractivity contribution is 5.76. The molecule has 2 heterocycles. The molecule has 114 valence electrons. The van der Waals surface area contributed by atoms with Gasteiger partial charge in [-0.2, -0.15) is 0 Å². The van der Waals surface area contributed by atoms with Gasteiger partial charge in [-0.15, -0.1) is 0 Å². The van der Waals surface area contributed by atoms with Crippen LogP contribution in [0.15, 0.2) is 12.1 Å². The van der Waals surface area contributed by atoms with Gasteiger partial charge in [0.25, 0.3) is 0 Å². The van der Waals surface area contributed by atoms with Gasteiger partial charge in [0.1, 0.15) is 11.6 Å². The Kier molecular flexibility index (Phi) is 4.07. The molecule has 0 radical (unpaired) electrons. The number of rotatable bonds is 3. The van der Waals surface area contributed by atoms with Gasteiger partial charge in [-0.05, 0) is 38.1 Å². The van der Waals surface area contributed by atoms with Gasteiger partial charge in [0, 0.05) is 23.6 Å². The lowest BCUT2D eigenvalue weighted by Gasteiger charge is -2.31. The quantitative estimate of drug-likeness (QED) is 0.915. The van der Waals surface area contributed by atoms with E-state index in [4.69, 9.17) is 15.2 Å². The van der Waals surface area contributed by atoms with E-state index in [0.717, 1.165) is 42.8 Å². The third-order valence-corrected chi connectivity index (χ3v) is 4.14. The van der Waals surface area contributed by atoms with Gasteiger partial charge in [-0.3, -0.25) is 9.69 Å². The molecule has 5 nitrogen and oxygen atoms in total. The zero-order chi connectivity index (χ0) is 14.8. The summed E-state index contributed by atoms with van der Waals surface area (Å²) < 4.78 is 24.4. The highest BCUT2D eigenvalue weighted by Gasteiger charge is 2.25. The minimum absolute atomic E-state index is 0.0349. The summed E-state index contributed by atoms with van der Waals surface area (Å²) in [6.07, 6.45) is 1.52. The van der Waals surface area contributed by atoms with E-state index in [9.17, 15) is 9.18 Å². The smallest absolute Gasteiger partial charge is 0.220 e. The largest absolute Gasteiger partial charge is 0.467 e. The molecule has 0 unspecified atom stereocenters.